The molecule has 0 radical (unpaired) electrons. The normalized spacial score (nSPS) is 10.2. The van der Waals surface area contributed by atoms with E-state index in [2.05, 4.69) is 15.9 Å². The van der Waals surface area contributed by atoms with Crippen molar-refractivity contribution in [3.05, 3.63) is 27.5 Å². The number of rotatable bonds is 1. The average molecular weight is 247 g/mol. The fraction of sp³-hybridized carbons (Fsp3) is 0.222. The number of hydrogen-bond acceptors (Lipinski definition) is 2. The van der Waals surface area contributed by atoms with E-state index in [0.717, 1.165) is 0 Å². The Morgan fingerprint density at radius 3 is 2.62 bits per heavy atom. The third kappa shape index (κ3) is 1.72. The summed E-state index contributed by atoms with van der Waals surface area (Å²) in [4.78, 5) is 11.0. The van der Waals surface area contributed by atoms with Crippen LogP contribution in [0.25, 0.3) is 0 Å². The third-order valence-corrected chi connectivity index (χ3v) is 2.38. The topological polar surface area (TPSA) is 37.3 Å². The Bertz CT molecular complexity index is 374. The summed E-state index contributed by atoms with van der Waals surface area (Å²) in [5.41, 5.74) is 0.213. The molecule has 1 aromatic rings. The van der Waals surface area contributed by atoms with Crippen molar-refractivity contribution in [3.8, 4) is 5.75 Å². The van der Waals surface area contributed by atoms with E-state index in [1.165, 1.54) is 19.9 Å². The molecule has 0 amide bonds. The lowest BCUT2D eigenvalue weighted by Crippen LogP contribution is -1.97. The summed E-state index contributed by atoms with van der Waals surface area (Å²) < 4.78 is 13.3. The molecule has 4 heteroatoms. The van der Waals surface area contributed by atoms with Gasteiger partial charge in [-0.1, -0.05) is 0 Å². The van der Waals surface area contributed by atoms with Crippen LogP contribution in [0.5, 0.6) is 5.75 Å². The maximum absolute atomic E-state index is 13.1. The van der Waals surface area contributed by atoms with Gasteiger partial charge in [0.1, 0.15) is 11.6 Å². The Kier molecular flexibility index (Phi) is 2.71. The standard InChI is InChI=1S/C9H8BrFO2/c1-4-8(11)7(10)3-6(5(2)12)9(4)13/h3,13H,1-2H3. The first-order valence-electron chi connectivity index (χ1n) is 3.63. The van der Waals surface area contributed by atoms with Crippen molar-refractivity contribution in [1.29, 1.82) is 0 Å². The predicted octanol–water partition coefficient (Wildman–Crippen LogP) is 2.80. The van der Waals surface area contributed by atoms with E-state index >= 15 is 0 Å². The summed E-state index contributed by atoms with van der Waals surface area (Å²) in [6, 6.07) is 1.28. The molecule has 0 saturated heterocycles. The number of carbonyl (C=O) groups excluding carboxylic acids is 1. The van der Waals surface area contributed by atoms with Crippen molar-refractivity contribution in [2.75, 3.05) is 0 Å². The maximum Gasteiger partial charge on any atom is 0.163 e. The second-order valence-corrected chi connectivity index (χ2v) is 3.60. The van der Waals surface area contributed by atoms with Crippen LogP contribution in [0.2, 0.25) is 0 Å². The molecule has 1 rings (SSSR count). The van der Waals surface area contributed by atoms with Gasteiger partial charge >= 0.3 is 0 Å². The molecule has 1 aromatic carbocycles. The van der Waals surface area contributed by atoms with Crippen LogP contribution in [-0.4, -0.2) is 10.9 Å². The van der Waals surface area contributed by atoms with Crippen molar-refractivity contribution < 1.29 is 14.3 Å². The second-order valence-electron chi connectivity index (χ2n) is 2.75. The van der Waals surface area contributed by atoms with E-state index in [0.29, 0.717) is 0 Å². The van der Waals surface area contributed by atoms with Crippen molar-refractivity contribution in [2.24, 2.45) is 0 Å². The summed E-state index contributed by atoms with van der Waals surface area (Å²) >= 11 is 2.96. The summed E-state index contributed by atoms with van der Waals surface area (Å²) in [6.07, 6.45) is 0. The number of halogens is 2. The van der Waals surface area contributed by atoms with E-state index < -0.39 is 5.82 Å². The van der Waals surface area contributed by atoms with Gasteiger partial charge < -0.3 is 5.11 Å². The Balaban J connectivity index is 3.50. The van der Waals surface area contributed by atoms with Gasteiger partial charge in [0.05, 0.1) is 10.0 Å². The zero-order chi connectivity index (χ0) is 10.2. The van der Waals surface area contributed by atoms with Crippen LogP contribution in [-0.2, 0) is 0 Å². The van der Waals surface area contributed by atoms with Crippen molar-refractivity contribution in [1.82, 2.24) is 0 Å². The number of carbonyl (C=O) groups is 1. The van der Waals surface area contributed by atoms with Crippen LogP contribution in [0, 0.1) is 12.7 Å². The fourth-order valence-corrected chi connectivity index (χ4v) is 1.54. The summed E-state index contributed by atoms with van der Waals surface area (Å²) in [5.74, 6) is -1.11. The first-order valence-corrected chi connectivity index (χ1v) is 4.43. The van der Waals surface area contributed by atoms with Gasteiger partial charge in [0.25, 0.3) is 0 Å². The Hall–Kier alpha value is -0.900. The van der Waals surface area contributed by atoms with Gasteiger partial charge in [-0.2, -0.15) is 0 Å². The number of Topliss-reactive ketones (excluding diaryl/α,β-unsaturated/α-hetero) is 1. The molecule has 0 fully saturated rings. The van der Waals surface area contributed by atoms with E-state index in [1.54, 1.807) is 0 Å². The molecular weight excluding hydrogens is 239 g/mol. The number of benzene rings is 1. The zero-order valence-corrected chi connectivity index (χ0v) is 8.77. The van der Waals surface area contributed by atoms with Gasteiger partial charge in [-0.05, 0) is 35.8 Å². The quantitative estimate of drug-likeness (QED) is 0.774. The Labute approximate surface area is 83.5 Å². The lowest BCUT2D eigenvalue weighted by molar-refractivity contribution is 0.101. The predicted molar refractivity (Wildman–Crippen MR) is 50.5 cm³/mol. The molecule has 1 N–H and O–H groups in total. The molecular formula is C9H8BrFO2. The lowest BCUT2D eigenvalue weighted by atomic mass is 10.1. The molecule has 0 atom stereocenters. The SMILES string of the molecule is CC(=O)c1cc(Br)c(F)c(C)c1O. The monoisotopic (exact) mass is 246 g/mol. The Morgan fingerprint density at radius 1 is 1.62 bits per heavy atom. The first kappa shape index (κ1) is 10.2. The number of hydrogen-bond donors (Lipinski definition) is 1. The number of phenols is 1. The molecule has 2 nitrogen and oxygen atoms in total. The molecule has 70 valence electrons. The molecule has 0 aliphatic heterocycles. The molecule has 0 aliphatic carbocycles. The van der Waals surface area contributed by atoms with Gasteiger partial charge in [0, 0.05) is 5.56 Å². The number of aromatic hydroxyl groups is 1. The van der Waals surface area contributed by atoms with Crippen molar-refractivity contribution in [3.63, 3.8) is 0 Å². The minimum Gasteiger partial charge on any atom is -0.507 e. The van der Waals surface area contributed by atoms with E-state index in [9.17, 15) is 14.3 Å². The number of phenolic OH excluding ortho intramolecular Hbond substituents is 1. The highest BCUT2D eigenvalue weighted by Crippen LogP contribution is 2.30. The molecule has 0 unspecified atom stereocenters. The first-order chi connectivity index (χ1) is 5.95. The van der Waals surface area contributed by atoms with Crippen LogP contribution in [0.1, 0.15) is 22.8 Å². The van der Waals surface area contributed by atoms with Crippen LogP contribution in [0.3, 0.4) is 0 Å². The van der Waals surface area contributed by atoms with Crippen LogP contribution in [0.4, 0.5) is 4.39 Å². The lowest BCUT2D eigenvalue weighted by Gasteiger charge is -2.06. The number of ketones is 1. The van der Waals surface area contributed by atoms with E-state index in [1.807, 2.05) is 0 Å². The molecule has 0 heterocycles. The van der Waals surface area contributed by atoms with Crippen LogP contribution >= 0.6 is 15.9 Å². The highest BCUT2D eigenvalue weighted by Gasteiger charge is 2.15. The van der Waals surface area contributed by atoms with Gasteiger partial charge in [0.15, 0.2) is 5.78 Å². The van der Waals surface area contributed by atoms with Crippen LogP contribution in [0.15, 0.2) is 10.5 Å². The van der Waals surface area contributed by atoms with Gasteiger partial charge in [-0.3, -0.25) is 4.79 Å². The molecule has 13 heavy (non-hydrogen) atoms. The minimum atomic E-state index is -0.539. The fourth-order valence-electron chi connectivity index (χ4n) is 1.01. The average Bonchev–Trinajstić information content (AvgIpc) is 2.07. The Morgan fingerprint density at radius 2 is 2.15 bits per heavy atom. The zero-order valence-electron chi connectivity index (χ0n) is 7.19. The molecule has 0 aliphatic rings. The molecule has 0 aromatic heterocycles. The molecule has 0 bridgehead atoms. The van der Waals surface area contributed by atoms with Crippen molar-refractivity contribution >= 4 is 21.7 Å². The maximum atomic E-state index is 13.1. The van der Waals surface area contributed by atoms with E-state index in [4.69, 9.17) is 0 Å². The largest absolute Gasteiger partial charge is 0.507 e. The molecule has 0 spiro atoms. The van der Waals surface area contributed by atoms with Crippen LogP contribution < -0.4 is 0 Å². The van der Waals surface area contributed by atoms with E-state index in [-0.39, 0.29) is 27.1 Å². The van der Waals surface area contributed by atoms with Crippen molar-refractivity contribution in [2.45, 2.75) is 13.8 Å². The summed E-state index contributed by atoms with van der Waals surface area (Å²) in [6.45, 7) is 2.74. The van der Waals surface area contributed by atoms with Gasteiger partial charge in [0.2, 0.25) is 0 Å². The third-order valence-electron chi connectivity index (χ3n) is 1.80. The smallest absolute Gasteiger partial charge is 0.163 e. The summed E-state index contributed by atoms with van der Waals surface area (Å²) in [7, 11) is 0. The second kappa shape index (κ2) is 3.46. The van der Waals surface area contributed by atoms with Gasteiger partial charge in [-0.25, -0.2) is 4.39 Å². The highest BCUT2D eigenvalue weighted by atomic mass is 79.9. The highest BCUT2D eigenvalue weighted by molar-refractivity contribution is 9.10. The van der Waals surface area contributed by atoms with Gasteiger partial charge in [-0.15, -0.1) is 0 Å². The molecule has 0 saturated carbocycles. The summed E-state index contributed by atoms with van der Waals surface area (Å²) in [5, 5.41) is 9.39. The minimum absolute atomic E-state index is 0.0829.